The van der Waals surface area contributed by atoms with Crippen LogP contribution in [0.2, 0.25) is 0 Å². The Morgan fingerprint density at radius 1 is 1.23 bits per heavy atom. The quantitative estimate of drug-likeness (QED) is 0.747. The summed E-state index contributed by atoms with van der Waals surface area (Å²) in [6, 6.07) is 10.3. The number of fused-ring (bicyclic) bond motifs is 1. The molecule has 2 heterocycles. The third-order valence-corrected chi connectivity index (χ3v) is 4.65. The first-order valence-corrected chi connectivity index (χ1v) is 9.19. The molecule has 2 aromatic rings. The van der Waals surface area contributed by atoms with Crippen LogP contribution in [0.4, 0.5) is 5.69 Å². The second-order valence-electron chi connectivity index (χ2n) is 7.01. The van der Waals surface area contributed by atoms with E-state index in [0.717, 1.165) is 49.2 Å². The molecule has 1 aromatic carbocycles. The lowest BCUT2D eigenvalue weighted by Gasteiger charge is -2.29. The molecular weight excluding hydrogens is 326 g/mol. The van der Waals surface area contributed by atoms with Crippen LogP contribution in [0.5, 0.6) is 5.88 Å². The average molecular weight is 353 g/mol. The zero-order valence-electron chi connectivity index (χ0n) is 15.9. The Hall–Kier alpha value is -2.40. The van der Waals surface area contributed by atoms with E-state index in [-0.39, 0.29) is 5.91 Å². The number of carbonyl (C=O) groups is 1. The van der Waals surface area contributed by atoms with Crippen molar-refractivity contribution in [2.75, 3.05) is 38.7 Å². The van der Waals surface area contributed by atoms with E-state index in [1.165, 1.54) is 5.56 Å². The van der Waals surface area contributed by atoms with Gasteiger partial charge in [0.25, 0.3) is 0 Å². The molecule has 0 unspecified atom stereocenters. The summed E-state index contributed by atoms with van der Waals surface area (Å²) in [5.74, 6) is 0.768. The smallest absolute Gasteiger partial charge is 0.223 e. The van der Waals surface area contributed by atoms with Crippen LogP contribution in [-0.4, -0.2) is 49.6 Å². The summed E-state index contributed by atoms with van der Waals surface area (Å²) in [6.07, 6.45) is 4.85. The molecule has 0 saturated heterocycles. The van der Waals surface area contributed by atoms with E-state index >= 15 is 0 Å². The molecule has 0 radical (unpaired) electrons. The van der Waals surface area contributed by atoms with Gasteiger partial charge in [-0.2, -0.15) is 0 Å². The van der Waals surface area contributed by atoms with Crippen LogP contribution in [0.1, 0.15) is 25.3 Å². The molecular formula is C21H27N3O2. The largest absolute Gasteiger partial charge is 0.478 e. The number of aromatic nitrogens is 1. The van der Waals surface area contributed by atoms with Gasteiger partial charge in [0.15, 0.2) is 0 Å². The van der Waals surface area contributed by atoms with Gasteiger partial charge in [0.05, 0.1) is 6.61 Å². The summed E-state index contributed by atoms with van der Waals surface area (Å²) < 4.78 is 5.70. The highest BCUT2D eigenvalue weighted by molar-refractivity contribution is 5.93. The topological polar surface area (TPSA) is 45.7 Å². The molecule has 1 aliphatic heterocycles. The van der Waals surface area contributed by atoms with Gasteiger partial charge in [-0.1, -0.05) is 6.07 Å². The molecule has 26 heavy (non-hydrogen) atoms. The van der Waals surface area contributed by atoms with Crippen LogP contribution in [0.25, 0.3) is 11.1 Å². The van der Waals surface area contributed by atoms with Gasteiger partial charge in [-0.05, 0) is 62.7 Å². The van der Waals surface area contributed by atoms with Crippen LogP contribution in [0.3, 0.4) is 0 Å². The zero-order chi connectivity index (χ0) is 18.5. The number of nitrogens with zero attached hydrogens (tertiary/aromatic N) is 3. The summed E-state index contributed by atoms with van der Waals surface area (Å²) in [5, 5.41) is 0. The van der Waals surface area contributed by atoms with E-state index in [2.05, 4.69) is 42.2 Å². The van der Waals surface area contributed by atoms with Crippen molar-refractivity contribution in [3.8, 4) is 17.0 Å². The molecule has 1 aromatic heterocycles. The third kappa shape index (κ3) is 4.41. The predicted octanol–water partition coefficient (Wildman–Crippen LogP) is 3.38. The van der Waals surface area contributed by atoms with Crippen LogP contribution in [0, 0.1) is 0 Å². The standard InChI is InChI=1S/C21H27N3O2/c1-16(25)24-12-4-6-18-14-17(7-9-20(18)24)19-8-10-21(22-15-19)26-13-5-11-23(2)3/h7-10,14-15H,4-6,11-13H2,1-3H3. The molecule has 1 aliphatic rings. The number of carbonyl (C=O) groups excluding carboxylic acids is 1. The number of aryl methyl sites for hydroxylation is 1. The molecule has 1 amide bonds. The van der Waals surface area contributed by atoms with Crippen molar-refractivity contribution >= 4 is 11.6 Å². The average Bonchev–Trinajstić information content (AvgIpc) is 2.64. The van der Waals surface area contributed by atoms with Gasteiger partial charge in [-0.3, -0.25) is 4.79 Å². The Bertz CT molecular complexity index is 756. The number of benzene rings is 1. The number of anilines is 1. The highest BCUT2D eigenvalue weighted by atomic mass is 16.5. The van der Waals surface area contributed by atoms with Crippen LogP contribution >= 0.6 is 0 Å². The number of ether oxygens (including phenoxy) is 1. The van der Waals surface area contributed by atoms with Crippen LogP contribution < -0.4 is 9.64 Å². The van der Waals surface area contributed by atoms with Gasteiger partial charge in [0, 0.05) is 43.5 Å². The van der Waals surface area contributed by atoms with Crippen molar-refractivity contribution in [1.29, 1.82) is 0 Å². The van der Waals surface area contributed by atoms with Crippen LogP contribution in [0.15, 0.2) is 36.5 Å². The fourth-order valence-corrected chi connectivity index (χ4v) is 3.30. The molecule has 3 rings (SSSR count). The van der Waals surface area contributed by atoms with Gasteiger partial charge < -0.3 is 14.5 Å². The minimum atomic E-state index is 0.108. The third-order valence-electron chi connectivity index (χ3n) is 4.65. The minimum Gasteiger partial charge on any atom is -0.478 e. The zero-order valence-corrected chi connectivity index (χ0v) is 15.9. The van der Waals surface area contributed by atoms with Gasteiger partial charge in [0.2, 0.25) is 11.8 Å². The maximum absolute atomic E-state index is 11.8. The second-order valence-corrected chi connectivity index (χ2v) is 7.01. The molecule has 0 saturated carbocycles. The fraction of sp³-hybridized carbons (Fsp3) is 0.429. The Morgan fingerprint density at radius 2 is 2.04 bits per heavy atom. The first-order valence-electron chi connectivity index (χ1n) is 9.19. The van der Waals surface area contributed by atoms with E-state index in [4.69, 9.17) is 4.74 Å². The predicted molar refractivity (Wildman–Crippen MR) is 105 cm³/mol. The Morgan fingerprint density at radius 3 is 2.73 bits per heavy atom. The number of amides is 1. The first kappa shape index (κ1) is 18.4. The van der Waals surface area contributed by atoms with Gasteiger partial charge in [-0.15, -0.1) is 0 Å². The molecule has 138 valence electrons. The summed E-state index contributed by atoms with van der Waals surface area (Å²) >= 11 is 0. The Labute approximate surface area is 155 Å². The van der Waals surface area contributed by atoms with Crippen molar-refractivity contribution in [2.45, 2.75) is 26.2 Å². The molecule has 5 nitrogen and oxygen atoms in total. The van der Waals surface area contributed by atoms with Crippen molar-refractivity contribution in [1.82, 2.24) is 9.88 Å². The van der Waals surface area contributed by atoms with Crippen molar-refractivity contribution < 1.29 is 9.53 Å². The highest BCUT2D eigenvalue weighted by Gasteiger charge is 2.20. The van der Waals surface area contributed by atoms with Crippen molar-refractivity contribution in [3.63, 3.8) is 0 Å². The van der Waals surface area contributed by atoms with Crippen LogP contribution in [-0.2, 0) is 11.2 Å². The maximum Gasteiger partial charge on any atom is 0.223 e. The van der Waals surface area contributed by atoms with Gasteiger partial charge in [-0.25, -0.2) is 4.98 Å². The van der Waals surface area contributed by atoms with Gasteiger partial charge >= 0.3 is 0 Å². The summed E-state index contributed by atoms with van der Waals surface area (Å²) in [6.45, 7) is 4.11. The lowest BCUT2D eigenvalue weighted by atomic mass is 9.97. The molecule has 0 fully saturated rings. The lowest BCUT2D eigenvalue weighted by molar-refractivity contribution is -0.116. The number of hydrogen-bond acceptors (Lipinski definition) is 4. The van der Waals surface area contributed by atoms with E-state index in [1.807, 2.05) is 23.2 Å². The molecule has 0 spiro atoms. The Kier molecular flexibility index (Phi) is 5.89. The van der Waals surface area contributed by atoms with Crippen molar-refractivity contribution in [2.24, 2.45) is 0 Å². The molecule has 0 atom stereocenters. The summed E-state index contributed by atoms with van der Waals surface area (Å²) in [4.78, 5) is 20.2. The van der Waals surface area contributed by atoms with E-state index < -0.39 is 0 Å². The van der Waals surface area contributed by atoms with E-state index in [1.54, 1.807) is 6.92 Å². The molecule has 0 N–H and O–H groups in total. The molecule has 0 aliphatic carbocycles. The maximum atomic E-state index is 11.8. The normalized spacial score (nSPS) is 13.6. The minimum absolute atomic E-state index is 0.108. The highest BCUT2D eigenvalue weighted by Crippen LogP contribution is 2.31. The molecule has 5 heteroatoms. The number of pyridine rings is 1. The summed E-state index contributed by atoms with van der Waals surface area (Å²) in [7, 11) is 4.11. The number of rotatable bonds is 6. The van der Waals surface area contributed by atoms with E-state index in [0.29, 0.717) is 12.5 Å². The summed E-state index contributed by atoms with van der Waals surface area (Å²) in [5.41, 5.74) is 4.46. The first-order chi connectivity index (χ1) is 12.5. The molecule has 0 bridgehead atoms. The Balaban J connectivity index is 1.69. The monoisotopic (exact) mass is 353 g/mol. The van der Waals surface area contributed by atoms with E-state index in [9.17, 15) is 4.79 Å². The SMILES string of the molecule is CC(=O)N1CCCc2cc(-c3ccc(OCCCN(C)C)nc3)ccc21. The lowest BCUT2D eigenvalue weighted by Crippen LogP contribution is -2.33. The van der Waals surface area contributed by atoms with Gasteiger partial charge in [0.1, 0.15) is 0 Å². The number of hydrogen-bond donors (Lipinski definition) is 0. The van der Waals surface area contributed by atoms with Crippen molar-refractivity contribution in [3.05, 3.63) is 42.1 Å². The second kappa shape index (κ2) is 8.32. The fourth-order valence-electron chi connectivity index (χ4n) is 3.30.